The normalized spacial score (nSPS) is 16.7. The van der Waals surface area contributed by atoms with Gasteiger partial charge in [0, 0.05) is 23.5 Å². The van der Waals surface area contributed by atoms with Crippen LogP contribution in [0.3, 0.4) is 0 Å². The zero-order chi connectivity index (χ0) is 24.0. The van der Waals surface area contributed by atoms with E-state index in [2.05, 4.69) is 29.3 Å². The lowest BCUT2D eigenvalue weighted by atomic mass is 9.92. The second-order valence-corrected chi connectivity index (χ2v) is 9.63. The van der Waals surface area contributed by atoms with Crippen molar-refractivity contribution in [2.24, 2.45) is 0 Å². The fraction of sp³-hybridized carbons (Fsp3) is 0.593. The van der Waals surface area contributed by atoms with Crippen molar-refractivity contribution in [3.05, 3.63) is 47.5 Å². The van der Waals surface area contributed by atoms with Crippen LogP contribution in [0.1, 0.15) is 88.4 Å². The first-order valence-corrected chi connectivity index (χ1v) is 12.2. The van der Waals surface area contributed by atoms with Crippen molar-refractivity contribution in [2.75, 3.05) is 7.11 Å². The highest BCUT2D eigenvalue weighted by molar-refractivity contribution is 5.70. The Morgan fingerprint density at radius 1 is 1.12 bits per heavy atom. The lowest BCUT2D eigenvalue weighted by Crippen LogP contribution is -2.22. The summed E-state index contributed by atoms with van der Waals surface area (Å²) < 4.78 is 20.6. The van der Waals surface area contributed by atoms with Gasteiger partial charge in [0.05, 0.1) is 25.7 Å². The molecule has 0 spiro atoms. The van der Waals surface area contributed by atoms with E-state index in [0.717, 1.165) is 11.1 Å². The Morgan fingerprint density at radius 2 is 1.79 bits per heavy atom. The molecule has 1 aliphatic rings. The fourth-order valence-corrected chi connectivity index (χ4v) is 5.13. The first kappa shape index (κ1) is 25.4. The molecule has 3 rings (SSSR count). The lowest BCUT2D eigenvalue weighted by molar-refractivity contribution is -0.143. The summed E-state index contributed by atoms with van der Waals surface area (Å²) in [6.45, 7) is 4.40. The smallest absolute Gasteiger partial charge is 0.308 e. The van der Waals surface area contributed by atoms with Crippen molar-refractivity contribution in [1.29, 1.82) is 0 Å². The predicted molar refractivity (Wildman–Crippen MR) is 128 cm³/mol. The third-order valence-corrected chi connectivity index (χ3v) is 6.75. The molecule has 0 bridgehead atoms. The second kappa shape index (κ2) is 11.8. The minimum absolute atomic E-state index is 0.121. The Balaban J connectivity index is 1.88. The molecular formula is C27H38FNO4. The number of ether oxygens (including phenoxy) is 1. The molecule has 1 fully saturated rings. The van der Waals surface area contributed by atoms with Crippen LogP contribution in [0, 0.1) is 5.82 Å². The third kappa shape index (κ3) is 6.67. The van der Waals surface area contributed by atoms with Gasteiger partial charge in [0.25, 0.3) is 0 Å². The van der Waals surface area contributed by atoms with Crippen LogP contribution in [0.5, 0.6) is 0 Å². The van der Waals surface area contributed by atoms with Gasteiger partial charge < -0.3 is 19.5 Å². The maximum absolute atomic E-state index is 13.6. The Labute approximate surface area is 196 Å². The van der Waals surface area contributed by atoms with Crippen molar-refractivity contribution in [3.63, 3.8) is 0 Å². The Bertz CT molecular complexity index is 900. The van der Waals surface area contributed by atoms with Crippen LogP contribution in [0.4, 0.5) is 4.39 Å². The number of esters is 1. The van der Waals surface area contributed by atoms with Gasteiger partial charge in [-0.05, 0) is 61.3 Å². The van der Waals surface area contributed by atoms with E-state index >= 15 is 0 Å². The molecule has 1 aliphatic carbocycles. The van der Waals surface area contributed by atoms with Gasteiger partial charge in [0.1, 0.15) is 5.82 Å². The Morgan fingerprint density at radius 3 is 2.39 bits per heavy atom. The van der Waals surface area contributed by atoms with Crippen molar-refractivity contribution < 1.29 is 24.1 Å². The number of carbonyl (C=O) groups is 1. The number of nitrogens with zero attached hydrogens (tertiary/aromatic N) is 1. The summed E-state index contributed by atoms with van der Waals surface area (Å²) in [7, 11) is 1.28. The average Bonchev–Trinajstić information content (AvgIpc) is 3.18. The van der Waals surface area contributed by atoms with Gasteiger partial charge in [-0.3, -0.25) is 4.79 Å². The molecule has 2 N–H and O–H groups in total. The van der Waals surface area contributed by atoms with E-state index in [1.54, 1.807) is 0 Å². The number of hydrogen-bond acceptors (Lipinski definition) is 4. The minimum atomic E-state index is -0.930. The topological polar surface area (TPSA) is 71.7 Å². The summed E-state index contributed by atoms with van der Waals surface area (Å²) in [6, 6.07) is 7.09. The molecule has 5 nitrogen and oxygen atoms in total. The number of methoxy groups -OCH3 is 1. The SMILES string of the molecule is COC(=O)CC(O)CC(O)CCc1c(-c2ccc(F)cc2)cn(C2CCCCC2)c1C(C)C. The molecule has 1 saturated carbocycles. The summed E-state index contributed by atoms with van der Waals surface area (Å²) in [4.78, 5) is 11.4. The molecular weight excluding hydrogens is 421 g/mol. The Hall–Kier alpha value is -2.18. The number of carbonyl (C=O) groups excluding carboxylic acids is 1. The lowest BCUT2D eigenvalue weighted by Gasteiger charge is -2.27. The summed E-state index contributed by atoms with van der Waals surface area (Å²) in [5, 5.41) is 20.7. The molecule has 1 aromatic carbocycles. The van der Waals surface area contributed by atoms with E-state index in [1.165, 1.54) is 62.6 Å². The number of aromatic nitrogens is 1. The van der Waals surface area contributed by atoms with Crippen LogP contribution in [0.15, 0.2) is 30.5 Å². The van der Waals surface area contributed by atoms with E-state index in [0.29, 0.717) is 24.8 Å². The molecule has 0 saturated heterocycles. The first-order chi connectivity index (χ1) is 15.8. The zero-order valence-electron chi connectivity index (χ0n) is 20.1. The van der Waals surface area contributed by atoms with Crippen LogP contribution in [0.2, 0.25) is 0 Å². The monoisotopic (exact) mass is 459 g/mol. The fourth-order valence-electron chi connectivity index (χ4n) is 5.13. The standard InChI is InChI=1S/C27H38FNO4/c1-18(2)27-24(14-13-22(30)15-23(31)16-26(32)33-3)25(19-9-11-20(28)12-10-19)17-29(27)21-7-5-4-6-8-21/h9-12,17-18,21-23,30-31H,4-8,13-16H2,1-3H3. The molecule has 2 atom stereocenters. The van der Waals surface area contributed by atoms with E-state index in [4.69, 9.17) is 0 Å². The van der Waals surface area contributed by atoms with Gasteiger partial charge in [-0.25, -0.2) is 4.39 Å². The van der Waals surface area contributed by atoms with Gasteiger partial charge in [0.2, 0.25) is 0 Å². The summed E-state index contributed by atoms with van der Waals surface area (Å²) in [5.74, 6) is -0.441. The number of aliphatic hydroxyl groups is 2. The highest BCUT2D eigenvalue weighted by Gasteiger charge is 2.26. The van der Waals surface area contributed by atoms with Crippen LogP contribution in [0.25, 0.3) is 11.1 Å². The second-order valence-electron chi connectivity index (χ2n) is 9.63. The molecule has 33 heavy (non-hydrogen) atoms. The number of rotatable bonds is 10. The molecule has 2 aromatic rings. The van der Waals surface area contributed by atoms with Crippen molar-refractivity contribution >= 4 is 5.97 Å². The van der Waals surface area contributed by atoms with E-state index < -0.39 is 18.2 Å². The number of aliphatic hydroxyl groups excluding tert-OH is 2. The van der Waals surface area contributed by atoms with E-state index in [9.17, 15) is 19.4 Å². The van der Waals surface area contributed by atoms with Gasteiger partial charge in [-0.15, -0.1) is 0 Å². The van der Waals surface area contributed by atoms with E-state index in [-0.39, 0.29) is 18.7 Å². The highest BCUT2D eigenvalue weighted by atomic mass is 19.1. The van der Waals surface area contributed by atoms with Gasteiger partial charge in [-0.2, -0.15) is 0 Å². The molecule has 0 amide bonds. The van der Waals surface area contributed by atoms with Gasteiger partial charge in [-0.1, -0.05) is 45.2 Å². The van der Waals surface area contributed by atoms with E-state index in [1.807, 2.05) is 12.1 Å². The van der Waals surface area contributed by atoms with Crippen molar-refractivity contribution in [2.45, 2.75) is 95.8 Å². The molecule has 1 aromatic heterocycles. The Kier molecular flexibility index (Phi) is 9.10. The molecule has 6 heteroatoms. The van der Waals surface area contributed by atoms with Gasteiger partial charge in [0.15, 0.2) is 0 Å². The van der Waals surface area contributed by atoms with Crippen LogP contribution in [-0.2, 0) is 16.0 Å². The third-order valence-electron chi connectivity index (χ3n) is 6.75. The summed E-state index contributed by atoms with van der Waals surface area (Å²) in [6.07, 6.45) is 7.77. The molecule has 182 valence electrons. The number of halogens is 1. The van der Waals surface area contributed by atoms with Crippen LogP contribution in [-0.4, -0.2) is 40.1 Å². The minimum Gasteiger partial charge on any atom is -0.469 e. The summed E-state index contributed by atoms with van der Waals surface area (Å²) in [5.41, 5.74) is 4.53. The quantitative estimate of drug-likeness (QED) is 0.458. The number of hydrogen-bond donors (Lipinski definition) is 2. The highest BCUT2D eigenvalue weighted by Crippen LogP contribution is 2.39. The number of benzene rings is 1. The molecule has 0 aliphatic heterocycles. The molecule has 0 radical (unpaired) electrons. The first-order valence-electron chi connectivity index (χ1n) is 12.2. The zero-order valence-corrected chi connectivity index (χ0v) is 20.1. The van der Waals surface area contributed by atoms with Crippen molar-refractivity contribution in [1.82, 2.24) is 4.57 Å². The molecule has 1 heterocycles. The largest absolute Gasteiger partial charge is 0.469 e. The maximum Gasteiger partial charge on any atom is 0.308 e. The molecule has 2 unspecified atom stereocenters. The average molecular weight is 460 g/mol. The predicted octanol–water partition coefficient (Wildman–Crippen LogP) is 5.53. The summed E-state index contributed by atoms with van der Waals surface area (Å²) >= 11 is 0. The van der Waals surface area contributed by atoms with Gasteiger partial charge >= 0.3 is 5.97 Å². The maximum atomic E-state index is 13.6. The van der Waals surface area contributed by atoms with Crippen molar-refractivity contribution in [3.8, 4) is 11.1 Å². The van der Waals surface area contributed by atoms with Crippen LogP contribution < -0.4 is 0 Å². The van der Waals surface area contributed by atoms with Crippen LogP contribution >= 0.6 is 0 Å².